The van der Waals surface area contributed by atoms with Gasteiger partial charge in [0.05, 0.1) is 0 Å². The maximum absolute atomic E-state index is 2.57. The van der Waals surface area contributed by atoms with Crippen molar-refractivity contribution in [2.24, 2.45) is 23.2 Å². The Morgan fingerprint density at radius 2 is 2.08 bits per heavy atom. The molecule has 2 fully saturated rings. The third-order valence-corrected chi connectivity index (χ3v) is 5.22. The van der Waals surface area contributed by atoms with Crippen LogP contribution in [0.3, 0.4) is 0 Å². The maximum atomic E-state index is 2.57. The van der Waals surface area contributed by atoms with Gasteiger partial charge < -0.3 is 0 Å². The highest BCUT2D eigenvalue weighted by molar-refractivity contribution is 5.01. The van der Waals surface area contributed by atoms with E-state index < -0.39 is 0 Å². The van der Waals surface area contributed by atoms with Gasteiger partial charge in [-0.1, -0.05) is 33.6 Å². The molecule has 0 aliphatic heterocycles. The van der Waals surface area contributed by atoms with E-state index in [0.717, 1.165) is 23.2 Å². The first kappa shape index (κ1) is 9.55. The number of hydrogen-bond acceptors (Lipinski definition) is 0. The molecule has 2 aliphatic carbocycles. The SMILES string of the molecule is CCCCC1(C)C2CCC(C2)C1C. The average Bonchev–Trinajstić information content (AvgIpc) is 2.68. The Labute approximate surface area is 83.1 Å². The molecule has 2 rings (SSSR count). The lowest BCUT2D eigenvalue weighted by Crippen LogP contribution is -2.31. The largest absolute Gasteiger partial charge is 0.0654 e. The first-order chi connectivity index (χ1) is 6.18. The van der Waals surface area contributed by atoms with Crippen molar-refractivity contribution < 1.29 is 0 Å². The molecule has 0 spiro atoms. The van der Waals surface area contributed by atoms with Gasteiger partial charge in [0.25, 0.3) is 0 Å². The van der Waals surface area contributed by atoms with Crippen LogP contribution in [0.15, 0.2) is 0 Å². The monoisotopic (exact) mass is 180 g/mol. The number of hydrogen-bond donors (Lipinski definition) is 0. The third-order valence-electron chi connectivity index (χ3n) is 5.22. The second-order valence-electron chi connectivity index (χ2n) is 5.67. The molecule has 0 radical (unpaired) electrons. The molecule has 2 bridgehead atoms. The van der Waals surface area contributed by atoms with E-state index in [-0.39, 0.29) is 0 Å². The minimum absolute atomic E-state index is 0.721. The van der Waals surface area contributed by atoms with Gasteiger partial charge in [-0.2, -0.15) is 0 Å². The van der Waals surface area contributed by atoms with Crippen LogP contribution in [-0.4, -0.2) is 0 Å². The molecule has 4 unspecified atom stereocenters. The van der Waals surface area contributed by atoms with Crippen molar-refractivity contribution in [3.63, 3.8) is 0 Å². The first-order valence-electron chi connectivity index (χ1n) is 6.18. The van der Waals surface area contributed by atoms with E-state index in [1.54, 1.807) is 6.42 Å². The molecular weight excluding hydrogens is 156 g/mol. The standard InChI is InChI=1S/C13H24/c1-4-5-8-13(3)10(2)11-6-7-12(13)9-11/h10-12H,4-9H2,1-3H3. The summed E-state index contributed by atoms with van der Waals surface area (Å²) < 4.78 is 0. The zero-order valence-electron chi connectivity index (χ0n) is 9.47. The van der Waals surface area contributed by atoms with E-state index in [1.165, 1.54) is 32.1 Å². The van der Waals surface area contributed by atoms with Crippen molar-refractivity contribution in [1.82, 2.24) is 0 Å². The quantitative estimate of drug-likeness (QED) is 0.609. The Morgan fingerprint density at radius 1 is 1.31 bits per heavy atom. The maximum Gasteiger partial charge on any atom is -0.0269 e. The van der Waals surface area contributed by atoms with Crippen molar-refractivity contribution >= 4 is 0 Å². The molecule has 0 N–H and O–H groups in total. The number of rotatable bonds is 3. The highest BCUT2D eigenvalue weighted by Gasteiger charge is 2.52. The van der Waals surface area contributed by atoms with E-state index in [0.29, 0.717) is 0 Å². The Hall–Kier alpha value is 0. The van der Waals surface area contributed by atoms with E-state index in [1.807, 2.05) is 0 Å². The first-order valence-corrected chi connectivity index (χ1v) is 6.18. The van der Waals surface area contributed by atoms with E-state index >= 15 is 0 Å². The summed E-state index contributed by atoms with van der Waals surface area (Å²) in [5, 5.41) is 0. The molecular formula is C13H24. The van der Waals surface area contributed by atoms with Crippen molar-refractivity contribution in [2.45, 2.75) is 59.3 Å². The summed E-state index contributed by atoms with van der Waals surface area (Å²) in [4.78, 5) is 0. The Balaban J connectivity index is 2.04. The zero-order valence-corrected chi connectivity index (χ0v) is 9.47. The predicted octanol–water partition coefficient (Wildman–Crippen LogP) is 4.25. The molecule has 0 saturated heterocycles. The molecule has 76 valence electrons. The fraction of sp³-hybridized carbons (Fsp3) is 1.00. The molecule has 2 aliphatic rings. The smallest absolute Gasteiger partial charge is 0.0269 e. The normalized spacial score (nSPS) is 48.7. The fourth-order valence-corrected chi connectivity index (χ4v) is 3.97. The molecule has 0 aromatic carbocycles. The summed E-state index contributed by atoms with van der Waals surface area (Å²) >= 11 is 0. The van der Waals surface area contributed by atoms with Crippen LogP contribution in [0.4, 0.5) is 0 Å². The number of unbranched alkanes of at least 4 members (excludes halogenated alkanes) is 1. The zero-order chi connectivity index (χ0) is 9.47. The molecule has 0 amide bonds. The van der Waals surface area contributed by atoms with Crippen LogP contribution in [0.1, 0.15) is 59.3 Å². The molecule has 0 aromatic rings. The second kappa shape index (κ2) is 3.29. The van der Waals surface area contributed by atoms with Crippen LogP contribution in [0.2, 0.25) is 0 Å². The van der Waals surface area contributed by atoms with Gasteiger partial charge in [-0.3, -0.25) is 0 Å². The summed E-state index contributed by atoms with van der Waals surface area (Å²) in [5.74, 6) is 3.18. The average molecular weight is 180 g/mol. The highest BCUT2D eigenvalue weighted by Crippen LogP contribution is 2.61. The molecule has 0 heteroatoms. The van der Waals surface area contributed by atoms with Gasteiger partial charge in [-0.25, -0.2) is 0 Å². The van der Waals surface area contributed by atoms with E-state index in [4.69, 9.17) is 0 Å². The molecule has 2 saturated carbocycles. The summed E-state index contributed by atoms with van der Waals surface area (Å²) in [5.41, 5.74) is 0.721. The summed E-state index contributed by atoms with van der Waals surface area (Å²) in [7, 11) is 0. The molecule has 0 nitrogen and oxygen atoms in total. The number of fused-ring (bicyclic) bond motifs is 2. The van der Waals surface area contributed by atoms with Crippen LogP contribution in [0.5, 0.6) is 0 Å². The van der Waals surface area contributed by atoms with Gasteiger partial charge in [-0.15, -0.1) is 0 Å². The lowest BCUT2D eigenvalue weighted by atomic mass is 9.65. The van der Waals surface area contributed by atoms with Gasteiger partial charge in [0.2, 0.25) is 0 Å². The summed E-state index contributed by atoms with van der Waals surface area (Å²) in [6.45, 7) is 7.40. The summed E-state index contributed by atoms with van der Waals surface area (Å²) in [6, 6.07) is 0. The van der Waals surface area contributed by atoms with Crippen LogP contribution >= 0.6 is 0 Å². The van der Waals surface area contributed by atoms with Crippen LogP contribution < -0.4 is 0 Å². The lowest BCUT2D eigenvalue weighted by molar-refractivity contribution is 0.0986. The molecule has 0 aromatic heterocycles. The third kappa shape index (κ3) is 1.33. The fourth-order valence-electron chi connectivity index (χ4n) is 3.97. The molecule has 4 atom stereocenters. The minimum atomic E-state index is 0.721. The van der Waals surface area contributed by atoms with Gasteiger partial charge in [0, 0.05) is 0 Å². The van der Waals surface area contributed by atoms with Crippen molar-refractivity contribution in [2.75, 3.05) is 0 Å². The van der Waals surface area contributed by atoms with Gasteiger partial charge >= 0.3 is 0 Å². The Morgan fingerprint density at radius 3 is 2.62 bits per heavy atom. The summed E-state index contributed by atoms with van der Waals surface area (Å²) in [6.07, 6.45) is 8.94. The Bertz CT molecular complexity index is 180. The lowest BCUT2D eigenvalue weighted by Gasteiger charge is -2.39. The molecule has 0 heterocycles. The van der Waals surface area contributed by atoms with Crippen LogP contribution in [-0.2, 0) is 0 Å². The second-order valence-corrected chi connectivity index (χ2v) is 5.67. The van der Waals surface area contributed by atoms with E-state index in [9.17, 15) is 0 Å². The predicted molar refractivity (Wildman–Crippen MR) is 57.6 cm³/mol. The highest BCUT2D eigenvalue weighted by atomic mass is 14.6. The van der Waals surface area contributed by atoms with Crippen molar-refractivity contribution in [3.05, 3.63) is 0 Å². The van der Waals surface area contributed by atoms with Crippen LogP contribution in [0, 0.1) is 23.2 Å². The van der Waals surface area contributed by atoms with Gasteiger partial charge in [0.1, 0.15) is 0 Å². The van der Waals surface area contributed by atoms with E-state index in [2.05, 4.69) is 20.8 Å². The minimum Gasteiger partial charge on any atom is -0.0654 e. The van der Waals surface area contributed by atoms with Crippen LogP contribution in [0.25, 0.3) is 0 Å². The Kier molecular flexibility index (Phi) is 2.42. The molecule has 13 heavy (non-hydrogen) atoms. The van der Waals surface area contributed by atoms with Gasteiger partial charge in [-0.05, 0) is 48.9 Å². The van der Waals surface area contributed by atoms with Crippen molar-refractivity contribution in [3.8, 4) is 0 Å². The van der Waals surface area contributed by atoms with Crippen molar-refractivity contribution in [1.29, 1.82) is 0 Å². The topological polar surface area (TPSA) is 0 Å². The van der Waals surface area contributed by atoms with Gasteiger partial charge in [0.15, 0.2) is 0 Å².